The highest BCUT2D eigenvalue weighted by Gasteiger charge is 2.12. The monoisotopic (exact) mass is 368 g/mol. The summed E-state index contributed by atoms with van der Waals surface area (Å²) in [4.78, 5) is 18.6. The number of imidazole rings is 1. The van der Waals surface area contributed by atoms with Crippen LogP contribution in [0.15, 0.2) is 48.8 Å². The van der Waals surface area contributed by atoms with E-state index < -0.39 is 5.97 Å². The van der Waals surface area contributed by atoms with E-state index in [1.807, 2.05) is 19.1 Å². The molecule has 0 fully saturated rings. The lowest BCUT2D eigenvalue weighted by Gasteiger charge is -2.08. The van der Waals surface area contributed by atoms with Crippen LogP contribution in [0.1, 0.15) is 15.9 Å². The molecule has 2 N–H and O–H groups in total. The number of carboxylic acids is 1. The van der Waals surface area contributed by atoms with Crippen molar-refractivity contribution in [3.05, 3.63) is 64.9 Å². The number of carbonyl (C=O) groups is 1. The van der Waals surface area contributed by atoms with Gasteiger partial charge in [0, 0.05) is 17.3 Å². The van der Waals surface area contributed by atoms with Crippen LogP contribution in [0.5, 0.6) is 11.5 Å². The molecule has 8 heteroatoms. The Morgan fingerprint density at radius 1 is 1.27 bits per heavy atom. The van der Waals surface area contributed by atoms with E-state index in [0.29, 0.717) is 28.0 Å². The number of hydrogen-bond acceptors (Lipinski definition) is 4. The number of ether oxygens (including phenoxy) is 1. The van der Waals surface area contributed by atoms with E-state index in [1.54, 1.807) is 24.3 Å². The minimum atomic E-state index is -1.04. The number of hydrogen-bond donors (Lipinski definition) is 2. The number of fused-ring (bicyclic) bond motifs is 1. The highest BCUT2D eigenvalue weighted by atomic mass is 35.5. The number of H-pyrrole nitrogens is 1. The Labute approximate surface area is 152 Å². The van der Waals surface area contributed by atoms with Crippen molar-refractivity contribution in [2.75, 3.05) is 0 Å². The topological polar surface area (TPSA) is 93.0 Å². The number of aromatic nitrogens is 4. The van der Waals surface area contributed by atoms with Crippen molar-refractivity contribution in [3.8, 4) is 17.4 Å². The molecular formula is C18H13ClN4O3. The van der Waals surface area contributed by atoms with Crippen LogP contribution >= 0.6 is 11.6 Å². The molecule has 4 rings (SSSR count). The maximum Gasteiger partial charge on any atom is 0.338 e. The maximum absolute atomic E-state index is 11.0. The predicted octanol–water partition coefficient (Wildman–Crippen LogP) is 4.20. The smallest absolute Gasteiger partial charge is 0.338 e. The molecule has 0 unspecified atom stereocenters. The first-order valence-electron chi connectivity index (χ1n) is 7.72. The summed E-state index contributed by atoms with van der Waals surface area (Å²) in [6.45, 7) is 1.93. The fourth-order valence-corrected chi connectivity index (χ4v) is 2.66. The molecule has 4 aromatic rings. The Kier molecular flexibility index (Phi) is 3.85. The Hall–Kier alpha value is -3.32. The molecular weight excluding hydrogens is 356 g/mol. The quantitative estimate of drug-likeness (QED) is 0.563. The van der Waals surface area contributed by atoms with Crippen molar-refractivity contribution in [1.29, 1.82) is 0 Å². The maximum atomic E-state index is 11.0. The van der Waals surface area contributed by atoms with E-state index in [-0.39, 0.29) is 5.56 Å². The van der Waals surface area contributed by atoms with E-state index in [0.717, 1.165) is 11.1 Å². The first kappa shape index (κ1) is 16.2. The van der Waals surface area contributed by atoms with Crippen LogP contribution in [0.4, 0.5) is 0 Å². The van der Waals surface area contributed by atoms with Crippen molar-refractivity contribution >= 4 is 28.6 Å². The Bertz CT molecular complexity index is 1120. The SMILES string of the molecule is Cc1cc2[nH]c(-n3cc(C(=O)O)cn3)nc2cc1Oc1ccc(Cl)cc1. The second-order valence-electron chi connectivity index (χ2n) is 5.73. The Morgan fingerprint density at radius 3 is 2.73 bits per heavy atom. The predicted molar refractivity (Wildman–Crippen MR) is 96.4 cm³/mol. The van der Waals surface area contributed by atoms with E-state index in [1.165, 1.54) is 17.1 Å². The minimum Gasteiger partial charge on any atom is -0.478 e. The highest BCUT2D eigenvalue weighted by molar-refractivity contribution is 6.30. The molecule has 0 amide bonds. The van der Waals surface area contributed by atoms with Crippen molar-refractivity contribution in [2.24, 2.45) is 0 Å². The summed E-state index contributed by atoms with van der Waals surface area (Å²) in [6, 6.07) is 10.8. The number of benzene rings is 2. The number of nitrogens with one attached hydrogen (secondary N) is 1. The zero-order valence-corrected chi connectivity index (χ0v) is 14.4. The molecule has 0 bridgehead atoms. The summed E-state index contributed by atoms with van der Waals surface area (Å²) in [6.07, 6.45) is 2.67. The van der Waals surface area contributed by atoms with Gasteiger partial charge in [-0.3, -0.25) is 0 Å². The summed E-state index contributed by atoms with van der Waals surface area (Å²) in [5.74, 6) is 0.729. The van der Waals surface area contributed by atoms with Gasteiger partial charge in [0.15, 0.2) is 0 Å². The number of aromatic carboxylic acids is 1. The van der Waals surface area contributed by atoms with Crippen molar-refractivity contribution in [2.45, 2.75) is 6.92 Å². The second kappa shape index (κ2) is 6.20. The third-order valence-electron chi connectivity index (χ3n) is 3.85. The number of halogens is 1. The summed E-state index contributed by atoms with van der Waals surface area (Å²) in [5, 5.41) is 13.7. The normalized spacial score (nSPS) is 11.0. The summed E-state index contributed by atoms with van der Waals surface area (Å²) in [7, 11) is 0. The zero-order chi connectivity index (χ0) is 18.3. The second-order valence-corrected chi connectivity index (χ2v) is 6.17. The van der Waals surface area contributed by atoms with Crippen LogP contribution in [-0.4, -0.2) is 30.8 Å². The first-order valence-corrected chi connectivity index (χ1v) is 8.09. The van der Waals surface area contributed by atoms with Gasteiger partial charge in [0.05, 0.1) is 22.8 Å². The van der Waals surface area contributed by atoms with Crippen molar-refractivity contribution in [1.82, 2.24) is 19.7 Å². The number of nitrogens with zero attached hydrogens (tertiary/aromatic N) is 3. The van der Waals surface area contributed by atoms with Gasteiger partial charge in [0.25, 0.3) is 0 Å². The fourth-order valence-electron chi connectivity index (χ4n) is 2.53. The average Bonchev–Trinajstić information content (AvgIpc) is 3.24. The van der Waals surface area contributed by atoms with Crippen molar-refractivity contribution < 1.29 is 14.6 Å². The van der Waals surface area contributed by atoms with Gasteiger partial charge in [0.1, 0.15) is 11.5 Å². The van der Waals surface area contributed by atoms with Crippen LogP contribution in [-0.2, 0) is 0 Å². The highest BCUT2D eigenvalue weighted by Crippen LogP contribution is 2.29. The molecule has 0 atom stereocenters. The molecule has 0 aliphatic carbocycles. The number of aromatic amines is 1. The molecule has 0 saturated carbocycles. The van der Waals surface area contributed by atoms with Gasteiger partial charge in [0.2, 0.25) is 5.95 Å². The van der Waals surface area contributed by atoms with E-state index in [2.05, 4.69) is 15.1 Å². The van der Waals surface area contributed by atoms with Crippen LogP contribution < -0.4 is 4.74 Å². The third kappa shape index (κ3) is 3.00. The molecule has 130 valence electrons. The molecule has 7 nitrogen and oxygen atoms in total. The van der Waals surface area contributed by atoms with Gasteiger partial charge < -0.3 is 14.8 Å². The first-order chi connectivity index (χ1) is 12.5. The van der Waals surface area contributed by atoms with Crippen molar-refractivity contribution in [3.63, 3.8) is 0 Å². The molecule has 0 spiro atoms. The summed E-state index contributed by atoms with van der Waals surface area (Å²) >= 11 is 5.89. The molecule has 2 aromatic heterocycles. The van der Waals surface area contributed by atoms with Gasteiger partial charge >= 0.3 is 5.97 Å². The lowest BCUT2D eigenvalue weighted by Crippen LogP contribution is -1.97. The van der Waals surface area contributed by atoms with Gasteiger partial charge in [-0.2, -0.15) is 5.10 Å². The van der Waals surface area contributed by atoms with Crippen LogP contribution in [0.3, 0.4) is 0 Å². The lowest BCUT2D eigenvalue weighted by atomic mass is 10.2. The van der Waals surface area contributed by atoms with Gasteiger partial charge in [-0.25, -0.2) is 14.5 Å². The largest absolute Gasteiger partial charge is 0.478 e. The van der Waals surface area contributed by atoms with Crippen LogP contribution in [0.2, 0.25) is 5.02 Å². The van der Waals surface area contributed by atoms with E-state index in [9.17, 15) is 4.79 Å². The zero-order valence-electron chi connectivity index (χ0n) is 13.6. The molecule has 0 saturated heterocycles. The Morgan fingerprint density at radius 2 is 2.04 bits per heavy atom. The number of rotatable bonds is 4. The molecule has 0 aliphatic rings. The average molecular weight is 369 g/mol. The number of aryl methyl sites for hydroxylation is 1. The van der Waals surface area contributed by atoms with E-state index in [4.69, 9.17) is 21.4 Å². The lowest BCUT2D eigenvalue weighted by molar-refractivity contribution is 0.0697. The standard InChI is InChI=1S/C18H13ClN4O3/c1-10-6-14-15(7-16(10)26-13-4-2-12(19)3-5-13)22-18(21-14)23-9-11(8-20-23)17(24)25/h2-9H,1H3,(H,21,22)(H,24,25). The summed E-state index contributed by atoms with van der Waals surface area (Å²) in [5.41, 5.74) is 2.50. The fraction of sp³-hybridized carbons (Fsp3) is 0.0556. The summed E-state index contributed by atoms with van der Waals surface area (Å²) < 4.78 is 7.30. The van der Waals surface area contributed by atoms with Gasteiger partial charge in [-0.05, 0) is 42.8 Å². The third-order valence-corrected chi connectivity index (χ3v) is 4.11. The van der Waals surface area contributed by atoms with Gasteiger partial charge in [-0.15, -0.1) is 0 Å². The Balaban J connectivity index is 1.69. The molecule has 2 heterocycles. The molecule has 26 heavy (non-hydrogen) atoms. The van der Waals surface area contributed by atoms with Gasteiger partial charge in [-0.1, -0.05) is 11.6 Å². The molecule has 0 radical (unpaired) electrons. The molecule has 0 aliphatic heterocycles. The van der Waals surface area contributed by atoms with E-state index >= 15 is 0 Å². The number of carboxylic acid groups (broad SMARTS) is 1. The minimum absolute atomic E-state index is 0.0911. The van der Waals surface area contributed by atoms with Crippen LogP contribution in [0, 0.1) is 6.92 Å². The molecule has 2 aromatic carbocycles. The van der Waals surface area contributed by atoms with Crippen LogP contribution in [0.25, 0.3) is 17.0 Å².